The molecule has 1 radical (unpaired) electrons. The van der Waals surface area contributed by atoms with E-state index in [4.69, 9.17) is 23.2 Å². The van der Waals surface area contributed by atoms with Crippen LogP contribution in [0.15, 0.2) is 18.2 Å². The Morgan fingerprint density at radius 3 is 2.62 bits per heavy atom. The monoisotopic (exact) mass is 215 g/mol. The number of halogens is 2. The average Bonchev–Trinajstić information content (AvgIpc) is 2.04. The highest BCUT2D eigenvalue weighted by molar-refractivity contribution is 6.35. The highest BCUT2D eigenvalue weighted by Crippen LogP contribution is 2.29. The Morgan fingerprint density at radius 1 is 1.38 bits per heavy atom. The molecule has 0 amide bonds. The van der Waals surface area contributed by atoms with Crippen LogP contribution < -0.4 is 0 Å². The van der Waals surface area contributed by atoms with Crippen molar-refractivity contribution in [1.29, 1.82) is 0 Å². The standard InChI is InChI=1S/C11H13Cl2/c1-3-4-8(2)10-6-5-9(12)7-11(10)13/h5-8H,2-4H2,1H3. The Morgan fingerprint density at radius 2 is 2.08 bits per heavy atom. The first kappa shape index (κ1) is 10.9. The van der Waals surface area contributed by atoms with Gasteiger partial charge in [-0.25, -0.2) is 0 Å². The fourth-order valence-electron chi connectivity index (χ4n) is 1.34. The third-order valence-electron chi connectivity index (χ3n) is 2.04. The summed E-state index contributed by atoms with van der Waals surface area (Å²) in [6, 6.07) is 5.58. The minimum Gasteiger partial charge on any atom is -0.0843 e. The number of hydrogen-bond donors (Lipinski definition) is 0. The normalized spacial score (nSPS) is 12.9. The maximum atomic E-state index is 6.04. The van der Waals surface area contributed by atoms with Crippen LogP contribution in [-0.2, 0) is 0 Å². The fraction of sp³-hybridized carbons (Fsp3) is 0.364. The second kappa shape index (κ2) is 4.88. The molecular weight excluding hydrogens is 203 g/mol. The summed E-state index contributed by atoms with van der Waals surface area (Å²) in [7, 11) is 0. The molecule has 1 unspecified atom stereocenters. The summed E-state index contributed by atoms with van der Waals surface area (Å²) in [6.45, 7) is 6.20. The first-order chi connectivity index (χ1) is 6.15. The van der Waals surface area contributed by atoms with E-state index in [0.717, 1.165) is 23.4 Å². The Bertz CT molecular complexity index is 281. The first-order valence-corrected chi connectivity index (χ1v) is 5.18. The van der Waals surface area contributed by atoms with Crippen molar-refractivity contribution in [2.75, 3.05) is 0 Å². The largest absolute Gasteiger partial charge is 0.0843 e. The molecule has 0 aliphatic rings. The van der Waals surface area contributed by atoms with Crippen LogP contribution in [-0.4, -0.2) is 0 Å². The van der Waals surface area contributed by atoms with Gasteiger partial charge in [0, 0.05) is 10.0 Å². The zero-order valence-corrected chi connectivity index (χ0v) is 9.20. The van der Waals surface area contributed by atoms with Crippen molar-refractivity contribution in [2.45, 2.75) is 25.7 Å². The molecule has 0 heterocycles. The van der Waals surface area contributed by atoms with E-state index in [2.05, 4.69) is 13.8 Å². The molecule has 0 nitrogen and oxygen atoms in total. The second-order valence-electron chi connectivity index (χ2n) is 3.15. The van der Waals surface area contributed by atoms with E-state index in [-0.39, 0.29) is 5.92 Å². The Balaban J connectivity index is 2.88. The summed E-state index contributed by atoms with van der Waals surface area (Å²) >= 11 is 11.8. The quantitative estimate of drug-likeness (QED) is 0.686. The molecule has 0 aliphatic carbocycles. The minimum absolute atomic E-state index is 0.273. The summed E-state index contributed by atoms with van der Waals surface area (Å²) in [6.07, 6.45) is 2.18. The van der Waals surface area contributed by atoms with Gasteiger partial charge in [-0.3, -0.25) is 0 Å². The molecule has 0 saturated heterocycles. The van der Waals surface area contributed by atoms with Gasteiger partial charge in [-0.1, -0.05) is 42.6 Å². The molecule has 0 bridgehead atoms. The van der Waals surface area contributed by atoms with Crippen LogP contribution in [0, 0.1) is 6.92 Å². The average molecular weight is 216 g/mol. The lowest BCUT2D eigenvalue weighted by Crippen LogP contribution is -1.93. The first-order valence-electron chi connectivity index (χ1n) is 4.43. The number of benzene rings is 1. The van der Waals surface area contributed by atoms with E-state index in [0.29, 0.717) is 5.02 Å². The summed E-state index contributed by atoms with van der Waals surface area (Å²) < 4.78 is 0. The molecule has 1 aromatic carbocycles. The van der Waals surface area contributed by atoms with Crippen LogP contribution in [0.25, 0.3) is 0 Å². The van der Waals surface area contributed by atoms with E-state index in [1.165, 1.54) is 0 Å². The zero-order valence-electron chi connectivity index (χ0n) is 7.69. The summed E-state index contributed by atoms with van der Waals surface area (Å²) in [5.74, 6) is 0.273. The highest BCUT2D eigenvalue weighted by Gasteiger charge is 2.08. The van der Waals surface area contributed by atoms with Gasteiger partial charge >= 0.3 is 0 Å². The van der Waals surface area contributed by atoms with Crippen molar-refractivity contribution in [3.05, 3.63) is 40.7 Å². The summed E-state index contributed by atoms with van der Waals surface area (Å²) in [5, 5.41) is 1.40. The van der Waals surface area contributed by atoms with E-state index >= 15 is 0 Å². The van der Waals surface area contributed by atoms with Gasteiger partial charge in [-0.05, 0) is 37.0 Å². The Hall–Kier alpha value is -0.200. The lowest BCUT2D eigenvalue weighted by atomic mass is 9.97. The number of hydrogen-bond acceptors (Lipinski definition) is 0. The van der Waals surface area contributed by atoms with Crippen LogP contribution >= 0.6 is 23.2 Å². The molecule has 1 aromatic rings. The Labute approximate surface area is 89.9 Å². The van der Waals surface area contributed by atoms with Crippen LogP contribution in [0.2, 0.25) is 10.0 Å². The van der Waals surface area contributed by atoms with Crippen LogP contribution in [0.5, 0.6) is 0 Å². The topological polar surface area (TPSA) is 0 Å². The predicted octanol–water partition coefficient (Wildman–Crippen LogP) is 4.71. The third kappa shape index (κ3) is 2.89. The highest BCUT2D eigenvalue weighted by atomic mass is 35.5. The molecule has 1 atom stereocenters. The van der Waals surface area contributed by atoms with Crippen molar-refractivity contribution in [1.82, 2.24) is 0 Å². The third-order valence-corrected chi connectivity index (χ3v) is 2.60. The molecule has 2 heteroatoms. The molecule has 13 heavy (non-hydrogen) atoms. The van der Waals surface area contributed by atoms with Gasteiger partial charge in [0.25, 0.3) is 0 Å². The lowest BCUT2D eigenvalue weighted by Gasteiger charge is -2.12. The minimum atomic E-state index is 0.273. The smallest absolute Gasteiger partial charge is 0.0455 e. The van der Waals surface area contributed by atoms with Gasteiger partial charge in [0.1, 0.15) is 0 Å². The van der Waals surface area contributed by atoms with E-state index < -0.39 is 0 Å². The molecule has 0 fully saturated rings. The van der Waals surface area contributed by atoms with E-state index in [9.17, 15) is 0 Å². The van der Waals surface area contributed by atoms with Crippen molar-refractivity contribution in [3.8, 4) is 0 Å². The molecule has 0 N–H and O–H groups in total. The fourth-order valence-corrected chi connectivity index (χ4v) is 1.90. The molecule has 0 spiro atoms. The van der Waals surface area contributed by atoms with Gasteiger partial charge in [0.15, 0.2) is 0 Å². The molecule has 71 valence electrons. The van der Waals surface area contributed by atoms with E-state index in [1.807, 2.05) is 12.1 Å². The predicted molar refractivity (Wildman–Crippen MR) is 59.5 cm³/mol. The van der Waals surface area contributed by atoms with Gasteiger partial charge in [0.2, 0.25) is 0 Å². The molecule has 0 aromatic heterocycles. The molecule has 1 rings (SSSR count). The number of rotatable bonds is 3. The van der Waals surface area contributed by atoms with Crippen molar-refractivity contribution >= 4 is 23.2 Å². The van der Waals surface area contributed by atoms with Gasteiger partial charge < -0.3 is 0 Å². The van der Waals surface area contributed by atoms with Crippen molar-refractivity contribution in [2.24, 2.45) is 0 Å². The summed E-state index contributed by atoms with van der Waals surface area (Å²) in [4.78, 5) is 0. The maximum Gasteiger partial charge on any atom is 0.0455 e. The van der Waals surface area contributed by atoms with Crippen LogP contribution in [0.1, 0.15) is 31.2 Å². The van der Waals surface area contributed by atoms with Crippen molar-refractivity contribution in [3.63, 3.8) is 0 Å². The maximum absolute atomic E-state index is 6.04. The van der Waals surface area contributed by atoms with E-state index in [1.54, 1.807) is 6.07 Å². The molecular formula is C11H13Cl2. The lowest BCUT2D eigenvalue weighted by molar-refractivity contribution is 0.714. The second-order valence-corrected chi connectivity index (χ2v) is 4.00. The van der Waals surface area contributed by atoms with Gasteiger partial charge in [-0.2, -0.15) is 0 Å². The Kier molecular flexibility index (Phi) is 4.08. The SMILES string of the molecule is [CH2]C(CCC)c1ccc(Cl)cc1Cl. The van der Waals surface area contributed by atoms with Gasteiger partial charge in [0.05, 0.1) is 0 Å². The van der Waals surface area contributed by atoms with Crippen LogP contribution in [0.3, 0.4) is 0 Å². The summed E-state index contributed by atoms with van der Waals surface area (Å²) in [5.41, 5.74) is 1.09. The zero-order chi connectivity index (χ0) is 9.84. The van der Waals surface area contributed by atoms with Gasteiger partial charge in [-0.15, -0.1) is 0 Å². The van der Waals surface area contributed by atoms with Crippen molar-refractivity contribution < 1.29 is 0 Å². The molecule has 0 aliphatic heterocycles. The molecule has 0 saturated carbocycles. The van der Waals surface area contributed by atoms with Crippen LogP contribution in [0.4, 0.5) is 0 Å².